The fraction of sp³-hybridized carbons (Fsp3) is 0.375. The molecule has 1 amide bonds. The van der Waals surface area contributed by atoms with Gasteiger partial charge in [0.1, 0.15) is 0 Å². The molecule has 0 bridgehead atoms. The van der Waals surface area contributed by atoms with E-state index in [-0.39, 0.29) is 5.91 Å². The molecule has 3 aromatic rings. The predicted molar refractivity (Wildman–Crippen MR) is 132 cm³/mol. The van der Waals surface area contributed by atoms with Gasteiger partial charge in [0.05, 0.1) is 15.7 Å². The molecule has 32 heavy (non-hydrogen) atoms. The molecule has 8 heteroatoms. The van der Waals surface area contributed by atoms with Gasteiger partial charge in [0.25, 0.3) is 0 Å². The molecule has 0 atom stereocenters. The Labute approximate surface area is 203 Å². The van der Waals surface area contributed by atoms with Gasteiger partial charge >= 0.3 is 0 Å². The Balaban J connectivity index is 1.48. The van der Waals surface area contributed by atoms with Crippen molar-refractivity contribution in [1.82, 2.24) is 19.7 Å². The van der Waals surface area contributed by atoms with E-state index in [0.29, 0.717) is 16.5 Å². The minimum Gasteiger partial charge on any atom is -0.343 e. The van der Waals surface area contributed by atoms with Crippen LogP contribution in [0.3, 0.4) is 0 Å². The SMILES string of the molecule is Cc1ccc(-c2nnc(SCCCCC(=O)N3CCCC3)n2-c2ccc(Cl)c(Cl)c2)cc1. The van der Waals surface area contributed by atoms with Crippen molar-refractivity contribution in [1.29, 1.82) is 0 Å². The zero-order chi connectivity index (χ0) is 22.5. The molecule has 0 aliphatic carbocycles. The molecule has 2 heterocycles. The highest BCUT2D eigenvalue weighted by atomic mass is 35.5. The summed E-state index contributed by atoms with van der Waals surface area (Å²) in [6, 6.07) is 13.8. The monoisotopic (exact) mass is 488 g/mol. The van der Waals surface area contributed by atoms with Crippen LogP contribution >= 0.6 is 35.0 Å². The molecule has 168 valence electrons. The van der Waals surface area contributed by atoms with E-state index in [1.807, 2.05) is 33.7 Å². The summed E-state index contributed by atoms with van der Waals surface area (Å²) in [7, 11) is 0. The quantitative estimate of drug-likeness (QED) is 0.270. The Morgan fingerprint density at radius 1 is 1.00 bits per heavy atom. The van der Waals surface area contributed by atoms with E-state index in [9.17, 15) is 4.79 Å². The lowest BCUT2D eigenvalue weighted by molar-refractivity contribution is -0.130. The highest BCUT2D eigenvalue weighted by Gasteiger charge is 2.18. The molecule has 2 aromatic carbocycles. The first kappa shape index (κ1) is 23.1. The summed E-state index contributed by atoms with van der Waals surface area (Å²) < 4.78 is 2.02. The van der Waals surface area contributed by atoms with Crippen molar-refractivity contribution >= 4 is 40.9 Å². The molecule has 1 aliphatic rings. The first-order valence-electron chi connectivity index (χ1n) is 10.9. The summed E-state index contributed by atoms with van der Waals surface area (Å²) in [6.45, 7) is 3.90. The highest BCUT2D eigenvalue weighted by molar-refractivity contribution is 7.99. The highest BCUT2D eigenvalue weighted by Crippen LogP contribution is 2.32. The van der Waals surface area contributed by atoms with Crippen LogP contribution in [0.5, 0.6) is 0 Å². The molecular weight excluding hydrogens is 463 g/mol. The number of rotatable bonds is 8. The first-order valence-corrected chi connectivity index (χ1v) is 12.7. The van der Waals surface area contributed by atoms with Gasteiger partial charge in [0.2, 0.25) is 5.91 Å². The van der Waals surface area contributed by atoms with E-state index in [1.165, 1.54) is 5.56 Å². The molecule has 1 aliphatic heterocycles. The Morgan fingerprint density at radius 3 is 2.47 bits per heavy atom. The summed E-state index contributed by atoms with van der Waals surface area (Å²) >= 11 is 14.1. The number of amides is 1. The fourth-order valence-electron chi connectivity index (χ4n) is 3.78. The number of nitrogens with zero attached hydrogens (tertiary/aromatic N) is 4. The maximum atomic E-state index is 12.2. The molecule has 4 rings (SSSR count). The molecule has 0 N–H and O–H groups in total. The van der Waals surface area contributed by atoms with E-state index < -0.39 is 0 Å². The minimum absolute atomic E-state index is 0.285. The lowest BCUT2D eigenvalue weighted by Crippen LogP contribution is -2.27. The van der Waals surface area contributed by atoms with Crippen LogP contribution in [0, 0.1) is 6.92 Å². The fourth-order valence-corrected chi connectivity index (χ4v) is 5.02. The average Bonchev–Trinajstić information content (AvgIpc) is 3.46. The van der Waals surface area contributed by atoms with Gasteiger partial charge in [-0.05, 0) is 50.8 Å². The smallest absolute Gasteiger partial charge is 0.222 e. The summed E-state index contributed by atoms with van der Waals surface area (Å²) in [5.41, 5.74) is 3.04. The average molecular weight is 489 g/mol. The van der Waals surface area contributed by atoms with Gasteiger partial charge in [-0.2, -0.15) is 0 Å². The van der Waals surface area contributed by atoms with Crippen molar-refractivity contribution in [3.05, 3.63) is 58.1 Å². The van der Waals surface area contributed by atoms with Gasteiger partial charge in [-0.3, -0.25) is 9.36 Å². The van der Waals surface area contributed by atoms with E-state index in [2.05, 4.69) is 29.3 Å². The third kappa shape index (κ3) is 5.48. The number of aromatic nitrogens is 3. The number of halogens is 2. The molecule has 5 nitrogen and oxygen atoms in total. The second kappa shape index (κ2) is 10.7. The van der Waals surface area contributed by atoms with E-state index >= 15 is 0 Å². The zero-order valence-corrected chi connectivity index (χ0v) is 20.4. The van der Waals surface area contributed by atoms with Gasteiger partial charge in [0.15, 0.2) is 11.0 Å². The van der Waals surface area contributed by atoms with Crippen molar-refractivity contribution < 1.29 is 4.79 Å². The number of aryl methyl sites for hydroxylation is 1. The minimum atomic E-state index is 0.285. The maximum absolute atomic E-state index is 12.2. The van der Waals surface area contributed by atoms with Crippen LogP contribution < -0.4 is 0 Å². The van der Waals surface area contributed by atoms with Crippen LogP contribution in [0.2, 0.25) is 10.0 Å². The maximum Gasteiger partial charge on any atom is 0.222 e. The van der Waals surface area contributed by atoms with Gasteiger partial charge < -0.3 is 4.90 Å². The summed E-state index contributed by atoms with van der Waals surface area (Å²) in [4.78, 5) is 14.2. The van der Waals surface area contributed by atoms with Crippen LogP contribution in [0.4, 0.5) is 0 Å². The Hall–Kier alpha value is -2.02. The van der Waals surface area contributed by atoms with E-state index in [4.69, 9.17) is 23.2 Å². The molecule has 0 saturated carbocycles. The van der Waals surface area contributed by atoms with Crippen LogP contribution in [0.1, 0.15) is 37.7 Å². The van der Waals surface area contributed by atoms with Crippen molar-refractivity contribution in [2.45, 2.75) is 44.2 Å². The van der Waals surface area contributed by atoms with Crippen molar-refractivity contribution in [3.8, 4) is 17.1 Å². The molecule has 0 radical (unpaired) electrons. The standard InChI is InChI=1S/C24H26Cl2N4OS/c1-17-7-9-18(10-8-17)23-27-28-24(30(23)19-11-12-20(25)21(26)16-19)32-15-5-2-6-22(31)29-13-3-4-14-29/h7-12,16H,2-6,13-15H2,1H3. The first-order chi connectivity index (χ1) is 15.5. The number of unbranched alkanes of at least 4 members (excludes halogenated alkanes) is 1. The number of hydrogen-bond donors (Lipinski definition) is 0. The summed E-state index contributed by atoms with van der Waals surface area (Å²) in [6.07, 6.45) is 4.71. The normalized spacial score (nSPS) is 13.7. The number of carbonyl (C=O) groups is 1. The lowest BCUT2D eigenvalue weighted by atomic mass is 10.1. The van der Waals surface area contributed by atoms with Gasteiger partial charge in [-0.15, -0.1) is 10.2 Å². The van der Waals surface area contributed by atoms with Gasteiger partial charge in [0, 0.05) is 30.8 Å². The largest absolute Gasteiger partial charge is 0.343 e. The number of likely N-dealkylation sites (tertiary alicyclic amines) is 1. The Bertz CT molecular complexity index is 1080. The number of thioether (sulfide) groups is 1. The lowest BCUT2D eigenvalue weighted by Gasteiger charge is -2.14. The molecule has 1 aromatic heterocycles. The molecular formula is C24H26Cl2N4OS. The zero-order valence-electron chi connectivity index (χ0n) is 18.1. The third-order valence-corrected chi connectivity index (χ3v) is 7.33. The number of hydrogen-bond acceptors (Lipinski definition) is 4. The third-order valence-electron chi connectivity index (χ3n) is 5.58. The Morgan fingerprint density at radius 2 is 1.75 bits per heavy atom. The Kier molecular flexibility index (Phi) is 7.76. The van der Waals surface area contributed by atoms with Crippen LogP contribution in [-0.4, -0.2) is 44.4 Å². The molecule has 1 fully saturated rings. The summed E-state index contributed by atoms with van der Waals surface area (Å²) in [5.74, 6) is 1.91. The number of carbonyl (C=O) groups excluding carboxylic acids is 1. The molecule has 1 saturated heterocycles. The van der Waals surface area contributed by atoms with E-state index in [1.54, 1.807) is 17.8 Å². The summed E-state index contributed by atoms with van der Waals surface area (Å²) in [5, 5.41) is 10.7. The number of benzene rings is 2. The van der Waals surface area contributed by atoms with Crippen LogP contribution in [0.15, 0.2) is 47.6 Å². The molecule has 0 spiro atoms. The van der Waals surface area contributed by atoms with E-state index in [0.717, 1.165) is 66.8 Å². The van der Waals surface area contributed by atoms with Gasteiger partial charge in [-0.1, -0.05) is 64.8 Å². The second-order valence-corrected chi connectivity index (χ2v) is 9.88. The van der Waals surface area contributed by atoms with Crippen molar-refractivity contribution in [2.75, 3.05) is 18.8 Å². The van der Waals surface area contributed by atoms with Crippen LogP contribution in [-0.2, 0) is 4.79 Å². The molecule has 0 unspecified atom stereocenters. The van der Waals surface area contributed by atoms with Crippen molar-refractivity contribution in [3.63, 3.8) is 0 Å². The van der Waals surface area contributed by atoms with Crippen LogP contribution in [0.25, 0.3) is 17.1 Å². The predicted octanol–water partition coefficient (Wildman–Crippen LogP) is 6.43. The van der Waals surface area contributed by atoms with Crippen molar-refractivity contribution in [2.24, 2.45) is 0 Å². The van der Waals surface area contributed by atoms with Gasteiger partial charge in [-0.25, -0.2) is 0 Å². The second-order valence-electron chi connectivity index (χ2n) is 8.00. The topological polar surface area (TPSA) is 51.0 Å².